The highest BCUT2D eigenvalue weighted by atomic mass is 16.5. The van der Waals surface area contributed by atoms with Crippen LogP contribution in [0.2, 0.25) is 0 Å². The van der Waals surface area contributed by atoms with E-state index in [1.807, 2.05) is 0 Å². The molecule has 0 N–H and O–H groups in total. The zero-order valence-corrected chi connectivity index (χ0v) is 13.2. The molecular formula is C16H29NO3. The molecule has 2 aliphatic rings. The normalized spacial score (nSPS) is 35.1. The molecule has 0 amide bonds. The Morgan fingerprint density at radius 1 is 1.40 bits per heavy atom. The summed E-state index contributed by atoms with van der Waals surface area (Å²) in [5.74, 6) is -0.102. The topological polar surface area (TPSA) is 38.8 Å². The number of hydrogen-bond donors (Lipinski definition) is 0. The first-order chi connectivity index (χ1) is 9.51. The number of ether oxygens (including phenoxy) is 2. The van der Waals surface area contributed by atoms with Gasteiger partial charge in [0.05, 0.1) is 19.1 Å². The number of hydrogen-bond acceptors (Lipinski definition) is 4. The van der Waals surface area contributed by atoms with E-state index < -0.39 is 0 Å². The van der Waals surface area contributed by atoms with Crippen molar-refractivity contribution in [2.24, 2.45) is 5.41 Å². The highest BCUT2D eigenvalue weighted by Gasteiger charge is 2.44. The van der Waals surface area contributed by atoms with Gasteiger partial charge in [-0.1, -0.05) is 6.92 Å². The van der Waals surface area contributed by atoms with Crippen molar-refractivity contribution in [3.8, 4) is 0 Å². The Kier molecular flexibility index (Phi) is 5.08. The van der Waals surface area contributed by atoms with E-state index in [-0.39, 0.29) is 11.6 Å². The predicted molar refractivity (Wildman–Crippen MR) is 78.6 cm³/mol. The molecule has 2 rings (SSSR count). The van der Waals surface area contributed by atoms with Crippen molar-refractivity contribution in [2.75, 3.05) is 33.4 Å². The fourth-order valence-electron chi connectivity index (χ4n) is 3.87. The number of rotatable bonds is 4. The molecule has 2 heterocycles. The predicted octanol–water partition coefficient (Wildman–Crippen LogP) is 2.61. The summed E-state index contributed by atoms with van der Waals surface area (Å²) in [6.45, 7) is 8.41. The Bertz CT molecular complexity index is 343. The van der Waals surface area contributed by atoms with Crippen LogP contribution in [0, 0.1) is 5.41 Å². The molecule has 2 unspecified atom stereocenters. The Hall–Kier alpha value is -0.610. The Labute approximate surface area is 122 Å². The molecule has 20 heavy (non-hydrogen) atoms. The Balaban J connectivity index is 1.93. The SMILES string of the molecule is CCC1(C)CC2(CCCN(CCC(=O)OC)C2)CCO1. The Morgan fingerprint density at radius 3 is 2.90 bits per heavy atom. The third-order valence-electron chi connectivity index (χ3n) is 5.18. The van der Waals surface area contributed by atoms with Gasteiger partial charge in [0.1, 0.15) is 0 Å². The number of carbonyl (C=O) groups excluding carboxylic acids is 1. The van der Waals surface area contributed by atoms with Crippen molar-refractivity contribution in [1.82, 2.24) is 4.90 Å². The summed E-state index contributed by atoms with van der Waals surface area (Å²) in [4.78, 5) is 13.7. The molecule has 2 aliphatic heterocycles. The van der Waals surface area contributed by atoms with Crippen molar-refractivity contribution in [3.05, 3.63) is 0 Å². The van der Waals surface area contributed by atoms with Crippen LogP contribution in [-0.4, -0.2) is 49.8 Å². The molecule has 116 valence electrons. The molecule has 0 aliphatic carbocycles. The summed E-state index contributed by atoms with van der Waals surface area (Å²) >= 11 is 0. The average Bonchev–Trinajstić information content (AvgIpc) is 2.45. The fourth-order valence-corrected chi connectivity index (χ4v) is 3.87. The molecular weight excluding hydrogens is 254 g/mol. The first-order valence-corrected chi connectivity index (χ1v) is 7.94. The highest BCUT2D eigenvalue weighted by molar-refractivity contribution is 5.69. The van der Waals surface area contributed by atoms with Crippen LogP contribution in [0.3, 0.4) is 0 Å². The van der Waals surface area contributed by atoms with Gasteiger partial charge in [0.15, 0.2) is 0 Å². The molecule has 0 saturated carbocycles. The van der Waals surface area contributed by atoms with Gasteiger partial charge < -0.3 is 14.4 Å². The van der Waals surface area contributed by atoms with Gasteiger partial charge in [0.25, 0.3) is 0 Å². The standard InChI is InChI=1S/C16H29NO3/c1-4-15(2)12-16(8-11-20-15)7-5-9-17(13-16)10-6-14(18)19-3/h4-13H2,1-3H3. The van der Waals surface area contributed by atoms with Crippen molar-refractivity contribution >= 4 is 5.97 Å². The maximum Gasteiger partial charge on any atom is 0.306 e. The summed E-state index contributed by atoms with van der Waals surface area (Å²) in [7, 11) is 1.46. The summed E-state index contributed by atoms with van der Waals surface area (Å²) in [6.07, 6.45) is 6.45. The second-order valence-electron chi connectivity index (χ2n) is 6.78. The van der Waals surface area contributed by atoms with E-state index in [1.165, 1.54) is 20.0 Å². The van der Waals surface area contributed by atoms with Crippen LogP contribution in [0.15, 0.2) is 0 Å². The third kappa shape index (κ3) is 3.73. The summed E-state index contributed by atoms with van der Waals surface area (Å²) in [5, 5.41) is 0. The van der Waals surface area contributed by atoms with Gasteiger partial charge in [0.2, 0.25) is 0 Å². The van der Waals surface area contributed by atoms with Crippen molar-refractivity contribution in [1.29, 1.82) is 0 Å². The Morgan fingerprint density at radius 2 is 2.20 bits per heavy atom. The van der Waals surface area contributed by atoms with Crippen LogP contribution < -0.4 is 0 Å². The first kappa shape index (κ1) is 15.8. The van der Waals surface area contributed by atoms with Crippen LogP contribution in [0.4, 0.5) is 0 Å². The second kappa shape index (κ2) is 6.44. The summed E-state index contributed by atoms with van der Waals surface area (Å²) < 4.78 is 10.7. The zero-order valence-electron chi connectivity index (χ0n) is 13.2. The molecule has 4 nitrogen and oxygen atoms in total. The lowest BCUT2D eigenvalue weighted by atomic mass is 9.68. The molecule has 0 aromatic carbocycles. The number of methoxy groups -OCH3 is 1. The summed E-state index contributed by atoms with van der Waals surface area (Å²) in [5.41, 5.74) is 0.445. The summed E-state index contributed by atoms with van der Waals surface area (Å²) in [6, 6.07) is 0. The van der Waals surface area contributed by atoms with E-state index >= 15 is 0 Å². The van der Waals surface area contributed by atoms with E-state index in [9.17, 15) is 4.79 Å². The van der Waals surface area contributed by atoms with Crippen LogP contribution in [0.5, 0.6) is 0 Å². The van der Waals surface area contributed by atoms with Crippen LogP contribution in [-0.2, 0) is 14.3 Å². The average molecular weight is 283 g/mol. The van der Waals surface area contributed by atoms with Crippen LogP contribution in [0.25, 0.3) is 0 Å². The van der Waals surface area contributed by atoms with E-state index in [1.54, 1.807) is 0 Å². The maximum absolute atomic E-state index is 11.3. The molecule has 0 aromatic rings. The van der Waals surface area contributed by atoms with Gasteiger partial charge in [-0.25, -0.2) is 0 Å². The number of likely N-dealkylation sites (tertiary alicyclic amines) is 1. The molecule has 0 radical (unpaired) electrons. The maximum atomic E-state index is 11.3. The van der Waals surface area contributed by atoms with E-state index in [0.717, 1.165) is 45.5 Å². The van der Waals surface area contributed by atoms with Crippen molar-refractivity contribution in [3.63, 3.8) is 0 Å². The second-order valence-corrected chi connectivity index (χ2v) is 6.78. The molecule has 0 aromatic heterocycles. The van der Waals surface area contributed by atoms with E-state index in [4.69, 9.17) is 9.47 Å². The largest absolute Gasteiger partial charge is 0.469 e. The highest BCUT2D eigenvalue weighted by Crippen LogP contribution is 2.46. The number of carbonyl (C=O) groups is 1. The molecule has 2 atom stereocenters. The minimum atomic E-state index is -0.102. The van der Waals surface area contributed by atoms with Gasteiger partial charge >= 0.3 is 5.97 Å². The molecule has 0 bridgehead atoms. The lowest BCUT2D eigenvalue weighted by Gasteiger charge is -2.50. The molecule has 2 saturated heterocycles. The minimum Gasteiger partial charge on any atom is -0.469 e. The van der Waals surface area contributed by atoms with E-state index in [0.29, 0.717) is 11.8 Å². The van der Waals surface area contributed by atoms with Gasteiger partial charge in [-0.05, 0) is 51.0 Å². The monoisotopic (exact) mass is 283 g/mol. The first-order valence-electron chi connectivity index (χ1n) is 7.94. The lowest BCUT2D eigenvalue weighted by molar-refractivity contribution is -0.143. The van der Waals surface area contributed by atoms with Crippen molar-refractivity contribution < 1.29 is 14.3 Å². The number of nitrogens with zero attached hydrogens (tertiary/aromatic N) is 1. The number of piperidine rings is 1. The van der Waals surface area contributed by atoms with Gasteiger partial charge in [-0.15, -0.1) is 0 Å². The quantitative estimate of drug-likeness (QED) is 0.743. The van der Waals surface area contributed by atoms with Gasteiger partial charge in [-0.2, -0.15) is 0 Å². The lowest BCUT2D eigenvalue weighted by Crippen LogP contribution is -2.51. The minimum absolute atomic E-state index is 0.0452. The van der Waals surface area contributed by atoms with Crippen molar-refractivity contribution in [2.45, 2.75) is 58.0 Å². The van der Waals surface area contributed by atoms with Gasteiger partial charge in [0, 0.05) is 19.7 Å². The van der Waals surface area contributed by atoms with Crippen LogP contribution >= 0.6 is 0 Å². The van der Waals surface area contributed by atoms with E-state index in [2.05, 4.69) is 18.7 Å². The number of esters is 1. The van der Waals surface area contributed by atoms with Crippen LogP contribution in [0.1, 0.15) is 52.4 Å². The van der Waals surface area contributed by atoms with Gasteiger partial charge in [-0.3, -0.25) is 4.79 Å². The smallest absolute Gasteiger partial charge is 0.306 e. The third-order valence-corrected chi connectivity index (χ3v) is 5.18. The zero-order chi connectivity index (χ0) is 14.6. The molecule has 4 heteroatoms. The molecule has 2 fully saturated rings. The molecule has 1 spiro atoms. The fraction of sp³-hybridized carbons (Fsp3) is 0.938.